The van der Waals surface area contributed by atoms with Gasteiger partial charge in [-0.15, -0.1) is 5.10 Å². The standard InChI is InChI=1S/C9H13N3O2S/c1-6-2-3-12(8(6)4-13)9(14)7-5-15-11-10-7/h5-6,8,13H,2-4H2,1H3. The van der Waals surface area contributed by atoms with Crippen molar-refractivity contribution in [3.63, 3.8) is 0 Å². The molecule has 0 saturated carbocycles. The molecule has 1 aromatic heterocycles. The first-order chi connectivity index (χ1) is 7.24. The Morgan fingerprint density at radius 3 is 3.20 bits per heavy atom. The largest absolute Gasteiger partial charge is 0.394 e. The van der Waals surface area contributed by atoms with E-state index in [0.29, 0.717) is 18.2 Å². The molecule has 15 heavy (non-hydrogen) atoms. The summed E-state index contributed by atoms with van der Waals surface area (Å²) in [6.07, 6.45) is 0.939. The third-order valence-corrected chi connectivity index (χ3v) is 3.41. The van der Waals surface area contributed by atoms with Gasteiger partial charge in [0.1, 0.15) is 0 Å². The van der Waals surface area contributed by atoms with Crippen LogP contribution in [-0.2, 0) is 0 Å². The van der Waals surface area contributed by atoms with Crippen molar-refractivity contribution >= 4 is 17.4 Å². The fourth-order valence-electron chi connectivity index (χ4n) is 1.94. The molecule has 82 valence electrons. The van der Waals surface area contributed by atoms with Crippen molar-refractivity contribution < 1.29 is 9.90 Å². The first kappa shape index (κ1) is 10.5. The maximum Gasteiger partial charge on any atom is 0.275 e. The molecule has 1 aliphatic rings. The lowest BCUT2D eigenvalue weighted by Crippen LogP contribution is -2.40. The normalized spacial score (nSPS) is 25.9. The number of nitrogens with zero attached hydrogens (tertiary/aromatic N) is 3. The van der Waals surface area contributed by atoms with E-state index in [1.165, 1.54) is 11.5 Å². The van der Waals surface area contributed by atoms with Crippen molar-refractivity contribution in [2.24, 2.45) is 5.92 Å². The van der Waals surface area contributed by atoms with Crippen LogP contribution in [0.2, 0.25) is 0 Å². The zero-order chi connectivity index (χ0) is 10.8. The van der Waals surface area contributed by atoms with Gasteiger partial charge in [-0.1, -0.05) is 11.4 Å². The van der Waals surface area contributed by atoms with Gasteiger partial charge >= 0.3 is 0 Å². The summed E-state index contributed by atoms with van der Waals surface area (Å²) in [6.45, 7) is 2.76. The number of aliphatic hydroxyl groups excluding tert-OH is 1. The van der Waals surface area contributed by atoms with Crippen molar-refractivity contribution in [2.75, 3.05) is 13.2 Å². The number of amides is 1. The molecule has 2 rings (SSSR count). The van der Waals surface area contributed by atoms with Crippen LogP contribution in [-0.4, -0.2) is 44.7 Å². The Balaban J connectivity index is 2.14. The van der Waals surface area contributed by atoms with Gasteiger partial charge in [0.25, 0.3) is 5.91 Å². The zero-order valence-electron chi connectivity index (χ0n) is 8.46. The molecule has 2 heterocycles. The molecule has 2 atom stereocenters. The number of hydrogen-bond acceptors (Lipinski definition) is 5. The van der Waals surface area contributed by atoms with Crippen LogP contribution in [0.1, 0.15) is 23.8 Å². The van der Waals surface area contributed by atoms with Crippen LogP contribution in [0.4, 0.5) is 0 Å². The summed E-state index contributed by atoms with van der Waals surface area (Å²) in [5.74, 6) is 0.234. The van der Waals surface area contributed by atoms with Gasteiger partial charge in [0.2, 0.25) is 0 Å². The highest BCUT2D eigenvalue weighted by Gasteiger charge is 2.34. The second-order valence-electron chi connectivity index (χ2n) is 3.80. The summed E-state index contributed by atoms with van der Waals surface area (Å²) in [4.78, 5) is 13.6. The number of carbonyl (C=O) groups is 1. The van der Waals surface area contributed by atoms with E-state index in [-0.39, 0.29) is 18.6 Å². The third kappa shape index (κ3) is 1.87. The highest BCUT2D eigenvalue weighted by atomic mass is 32.1. The second-order valence-corrected chi connectivity index (χ2v) is 4.41. The van der Waals surface area contributed by atoms with Crippen molar-refractivity contribution in [3.8, 4) is 0 Å². The van der Waals surface area contributed by atoms with Gasteiger partial charge in [-0.05, 0) is 23.9 Å². The Morgan fingerprint density at radius 1 is 1.80 bits per heavy atom. The number of hydrogen-bond donors (Lipinski definition) is 1. The lowest BCUT2D eigenvalue weighted by atomic mass is 10.0. The predicted octanol–water partition coefficient (Wildman–Crippen LogP) is 0.381. The van der Waals surface area contributed by atoms with Gasteiger partial charge < -0.3 is 10.0 Å². The average Bonchev–Trinajstić information content (AvgIpc) is 2.85. The molecule has 6 heteroatoms. The highest BCUT2D eigenvalue weighted by molar-refractivity contribution is 7.03. The topological polar surface area (TPSA) is 66.3 Å². The van der Waals surface area contributed by atoms with Crippen LogP contribution in [0.5, 0.6) is 0 Å². The van der Waals surface area contributed by atoms with Crippen LogP contribution in [0.15, 0.2) is 5.38 Å². The molecule has 0 spiro atoms. The zero-order valence-corrected chi connectivity index (χ0v) is 9.28. The molecular weight excluding hydrogens is 214 g/mol. The van der Waals surface area contributed by atoms with Gasteiger partial charge in [-0.25, -0.2) is 0 Å². The summed E-state index contributed by atoms with van der Waals surface area (Å²) in [6, 6.07) is -0.0702. The van der Waals surface area contributed by atoms with E-state index >= 15 is 0 Å². The number of aromatic nitrogens is 2. The van der Waals surface area contributed by atoms with Crippen molar-refractivity contribution in [3.05, 3.63) is 11.1 Å². The minimum atomic E-state index is -0.118. The summed E-state index contributed by atoms with van der Waals surface area (Å²) in [7, 11) is 0. The molecule has 1 aromatic rings. The van der Waals surface area contributed by atoms with Crippen LogP contribution in [0.25, 0.3) is 0 Å². The average molecular weight is 227 g/mol. The molecule has 2 unspecified atom stereocenters. The van der Waals surface area contributed by atoms with Gasteiger partial charge in [0, 0.05) is 11.9 Å². The van der Waals surface area contributed by atoms with Crippen molar-refractivity contribution in [1.82, 2.24) is 14.5 Å². The Labute approximate surface area is 91.9 Å². The molecule has 1 saturated heterocycles. The molecule has 0 aromatic carbocycles. The molecule has 1 N–H and O–H groups in total. The van der Waals surface area contributed by atoms with E-state index in [1.807, 2.05) is 6.92 Å². The summed E-state index contributed by atoms with van der Waals surface area (Å²) >= 11 is 1.17. The fraction of sp³-hybridized carbons (Fsp3) is 0.667. The van der Waals surface area contributed by atoms with E-state index < -0.39 is 0 Å². The Bertz CT molecular complexity index is 341. The van der Waals surface area contributed by atoms with Crippen LogP contribution >= 0.6 is 11.5 Å². The maximum atomic E-state index is 11.9. The molecular formula is C9H13N3O2S. The van der Waals surface area contributed by atoms with E-state index in [4.69, 9.17) is 0 Å². The fourth-order valence-corrected chi connectivity index (χ4v) is 2.37. The molecule has 0 radical (unpaired) electrons. The first-order valence-corrected chi connectivity index (χ1v) is 5.76. The van der Waals surface area contributed by atoms with E-state index in [0.717, 1.165) is 6.42 Å². The summed E-state index contributed by atoms with van der Waals surface area (Å²) in [5.41, 5.74) is 0.382. The van der Waals surface area contributed by atoms with E-state index in [9.17, 15) is 9.90 Å². The minimum Gasteiger partial charge on any atom is -0.394 e. The number of likely N-dealkylation sites (tertiary alicyclic amines) is 1. The lowest BCUT2D eigenvalue weighted by Gasteiger charge is -2.24. The number of aliphatic hydroxyl groups is 1. The molecule has 5 nitrogen and oxygen atoms in total. The Hall–Kier alpha value is -1.01. The Kier molecular flexibility index (Phi) is 2.97. The highest BCUT2D eigenvalue weighted by Crippen LogP contribution is 2.24. The lowest BCUT2D eigenvalue weighted by molar-refractivity contribution is 0.0642. The van der Waals surface area contributed by atoms with Crippen LogP contribution < -0.4 is 0 Å². The number of rotatable bonds is 2. The monoisotopic (exact) mass is 227 g/mol. The smallest absolute Gasteiger partial charge is 0.275 e. The number of carbonyl (C=O) groups excluding carboxylic acids is 1. The van der Waals surface area contributed by atoms with Crippen molar-refractivity contribution in [2.45, 2.75) is 19.4 Å². The van der Waals surface area contributed by atoms with E-state index in [2.05, 4.69) is 9.59 Å². The second kappa shape index (κ2) is 4.24. The molecule has 1 amide bonds. The quantitative estimate of drug-likeness (QED) is 0.793. The molecule has 0 aliphatic carbocycles. The molecule has 1 aliphatic heterocycles. The Morgan fingerprint density at radius 2 is 2.60 bits per heavy atom. The van der Waals surface area contributed by atoms with E-state index in [1.54, 1.807) is 10.3 Å². The van der Waals surface area contributed by atoms with Crippen LogP contribution in [0.3, 0.4) is 0 Å². The summed E-state index contributed by atoms with van der Waals surface area (Å²) in [5, 5.41) is 14.6. The van der Waals surface area contributed by atoms with Gasteiger partial charge in [0.05, 0.1) is 12.6 Å². The third-order valence-electron chi connectivity index (χ3n) is 2.91. The minimum absolute atomic E-state index is 0.0183. The van der Waals surface area contributed by atoms with Gasteiger partial charge in [-0.2, -0.15) is 0 Å². The first-order valence-electron chi connectivity index (χ1n) is 4.93. The molecule has 1 fully saturated rings. The predicted molar refractivity (Wildman–Crippen MR) is 55.6 cm³/mol. The molecule has 0 bridgehead atoms. The van der Waals surface area contributed by atoms with Crippen LogP contribution in [0, 0.1) is 5.92 Å². The maximum absolute atomic E-state index is 11.9. The van der Waals surface area contributed by atoms with Crippen molar-refractivity contribution in [1.29, 1.82) is 0 Å². The SMILES string of the molecule is CC1CCN(C(=O)c2csnn2)C1CO. The van der Waals surface area contributed by atoms with Gasteiger partial charge in [-0.3, -0.25) is 4.79 Å². The van der Waals surface area contributed by atoms with Gasteiger partial charge in [0.15, 0.2) is 5.69 Å². The summed E-state index contributed by atoms with van der Waals surface area (Å²) < 4.78 is 3.67.